The van der Waals surface area contributed by atoms with Gasteiger partial charge in [-0.3, -0.25) is 4.79 Å². The van der Waals surface area contributed by atoms with Gasteiger partial charge >= 0.3 is 0 Å². The van der Waals surface area contributed by atoms with Gasteiger partial charge in [0, 0.05) is 66.4 Å². The number of likely N-dealkylation sites (tertiary alicyclic amines) is 2. The second-order valence-electron chi connectivity index (χ2n) is 12.0. The second-order valence-corrected chi connectivity index (χ2v) is 12.4. The van der Waals surface area contributed by atoms with E-state index in [1.54, 1.807) is 0 Å². The van der Waals surface area contributed by atoms with E-state index in [-0.39, 0.29) is 23.8 Å². The highest BCUT2D eigenvalue weighted by Crippen LogP contribution is 2.47. The summed E-state index contributed by atoms with van der Waals surface area (Å²) in [6, 6.07) is 14.4. The van der Waals surface area contributed by atoms with Crippen molar-refractivity contribution in [1.29, 1.82) is 0 Å². The summed E-state index contributed by atoms with van der Waals surface area (Å²) in [5.74, 6) is 1.29. The fourth-order valence-corrected chi connectivity index (χ4v) is 7.50. The SMILES string of the molecule is Cc1ccc2c(c1)NCC21CCN(C[C@@H](CO)C2CCN(C(=O)c3cc4cc(Cl)ccc4[nH]3)CC2)CC1C. The number of nitrogens with one attached hydrogen (secondary N) is 2. The lowest BCUT2D eigenvalue weighted by atomic mass is 9.67. The van der Waals surface area contributed by atoms with E-state index < -0.39 is 0 Å². The molecule has 1 spiro atoms. The Morgan fingerprint density at radius 1 is 1.16 bits per heavy atom. The predicted molar refractivity (Wildman–Crippen MR) is 154 cm³/mol. The van der Waals surface area contributed by atoms with Crippen LogP contribution in [0.2, 0.25) is 5.02 Å². The highest BCUT2D eigenvalue weighted by Gasteiger charge is 2.46. The van der Waals surface area contributed by atoms with Crippen LogP contribution in [0.15, 0.2) is 42.5 Å². The number of benzene rings is 2. The first-order valence-electron chi connectivity index (χ1n) is 14.1. The molecule has 2 aromatic carbocycles. The topological polar surface area (TPSA) is 71.6 Å². The number of aliphatic hydroxyl groups excluding tert-OH is 1. The van der Waals surface area contributed by atoms with Crippen LogP contribution in [0.5, 0.6) is 0 Å². The van der Waals surface area contributed by atoms with Crippen molar-refractivity contribution >= 4 is 34.1 Å². The third-order valence-corrected chi connectivity index (χ3v) is 9.92. The number of carbonyl (C=O) groups excluding carboxylic acids is 1. The number of H-pyrrole nitrogens is 1. The summed E-state index contributed by atoms with van der Waals surface area (Å²) in [6.07, 6.45) is 3.03. The van der Waals surface area contributed by atoms with Gasteiger partial charge in [-0.1, -0.05) is 30.7 Å². The Morgan fingerprint density at radius 3 is 2.74 bits per heavy atom. The third kappa shape index (κ3) is 4.61. The van der Waals surface area contributed by atoms with Crippen molar-refractivity contribution in [1.82, 2.24) is 14.8 Å². The number of aliphatic hydroxyl groups is 1. The molecule has 2 fully saturated rings. The molecule has 2 saturated heterocycles. The first-order chi connectivity index (χ1) is 18.4. The van der Waals surface area contributed by atoms with Gasteiger partial charge in [0.05, 0.1) is 0 Å². The fourth-order valence-electron chi connectivity index (χ4n) is 7.32. The zero-order chi connectivity index (χ0) is 26.4. The lowest BCUT2D eigenvalue weighted by Gasteiger charge is -2.46. The number of piperidine rings is 2. The second kappa shape index (κ2) is 10.2. The molecule has 6 nitrogen and oxygen atoms in total. The van der Waals surface area contributed by atoms with Crippen molar-refractivity contribution < 1.29 is 9.90 Å². The lowest BCUT2D eigenvalue weighted by molar-refractivity contribution is 0.0419. The molecule has 3 atom stereocenters. The minimum Gasteiger partial charge on any atom is -0.396 e. The fraction of sp³-hybridized carbons (Fsp3) is 0.516. The number of halogens is 1. The van der Waals surface area contributed by atoms with Crippen molar-refractivity contribution in [2.45, 2.75) is 38.5 Å². The highest BCUT2D eigenvalue weighted by molar-refractivity contribution is 6.31. The van der Waals surface area contributed by atoms with Gasteiger partial charge in [-0.05, 0) is 91.9 Å². The van der Waals surface area contributed by atoms with Gasteiger partial charge in [-0.2, -0.15) is 0 Å². The van der Waals surface area contributed by atoms with Crippen LogP contribution in [-0.2, 0) is 5.41 Å². The average Bonchev–Trinajstić information content (AvgIpc) is 3.50. The molecule has 7 heteroatoms. The molecule has 0 saturated carbocycles. The molecule has 0 aliphatic carbocycles. The standard InChI is InChI=1S/C31H39ClN4O2/c1-20-3-5-26-28(13-20)33-19-31(26)9-12-35(16-21(31)2)17-24(18-37)22-7-10-36(11-8-22)30(38)29-15-23-14-25(32)4-6-27(23)34-29/h3-6,13-15,21-22,24,33-34,37H,7-12,16-19H2,1-2H3/t21?,24-,31?/m0/s1. The number of amides is 1. The number of nitrogens with zero attached hydrogens (tertiary/aromatic N) is 2. The predicted octanol–water partition coefficient (Wildman–Crippen LogP) is 5.30. The number of rotatable bonds is 5. The lowest BCUT2D eigenvalue weighted by Crippen LogP contribution is -2.52. The van der Waals surface area contributed by atoms with Crippen molar-refractivity contribution in [3.8, 4) is 0 Å². The van der Waals surface area contributed by atoms with E-state index in [1.807, 2.05) is 29.2 Å². The molecule has 6 rings (SSSR count). The molecular weight excluding hydrogens is 496 g/mol. The van der Waals surface area contributed by atoms with Crippen LogP contribution in [0, 0.1) is 24.7 Å². The molecule has 3 aliphatic heterocycles. The number of anilines is 1. The summed E-state index contributed by atoms with van der Waals surface area (Å²) in [4.78, 5) is 21.0. The first kappa shape index (κ1) is 25.7. The van der Waals surface area contributed by atoms with Crippen LogP contribution in [0.3, 0.4) is 0 Å². The molecule has 3 N–H and O–H groups in total. The number of aromatic nitrogens is 1. The Balaban J connectivity index is 1.05. The first-order valence-corrected chi connectivity index (χ1v) is 14.5. The number of fused-ring (bicyclic) bond motifs is 3. The largest absolute Gasteiger partial charge is 0.396 e. The number of aryl methyl sites for hydroxylation is 1. The zero-order valence-corrected chi connectivity index (χ0v) is 23.2. The molecule has 1 aromatic heterocycles. The van der Waals surface area contributed by atoms with Gasteiger partial charge in [0.1, 0.15) is 5.69 Å². The molecule has 2 unspecified atom stereocenters. The van der Waals surface area contributed by atoms with E-state index in [1.165, 1.54) is 16.8 Å². The normalized spacial score (nSPS) is 25.1. The summed E-state index contributed by atoms with van der Waals surface area (Å²) >= 11 is 6.11. The van der Waals surface area contributed by atoms with Crippen LogP contribution in [-0.4, -0.2) is 71.7 Å². The minimum atomic E-state index is 0.0483. The maximum absolute atomic E-state index is 13.2. The molecular formula is C31H39ClN4O2. The Bertz CT molecular complexity index is 1330. The zero-order valence-electron chi connectivity index (χ0n) is 22.5. The van der Waals surface area contributed by atoms with Crippen LogP contribution >= 0.6 is 11.6 Å². The van der Waals surface area contributed by atoms with Gasteiger partial charge in [0.15, 0.2) is 0 Å². The Hall–Kier alpha value is -2.54. The van der Waals surface area contributed by atoms with Gasteiger partial charge in [-0.25, -0.2) is 0 Å². The molecule has 1 amide bonds. The molecule has 3 aromatic rings. The smallest absolute Gasteiger partial charge is 0.270 e. The van der Waals surface area contributed by atoms with Crippen LogP contribution in [0.25, 0.3) is 10.9 Å². The average molecular weight is 535 g/mol. The minimum absolute atomic E-state index is 0.0483. The van der Waals surface area contributed by atoms with E-state index in [0.29, 0.717) is 22.6 Å². The van der Waals surface area contributed by atoms with E-state index in [0.717, 1.165) is 69.4 Å². The van der Waals surface area contributed by atoms with Crippen LogP contribution < -0.4 is 5.32 Å². The van der Waals surface area contributed by atoms with Crippen molar-refractivity contribution in [3.05, 3.63) is 64.3 Å². The third-order valence-electron chi connectivity index (χ3n) is 9.69. The summed E-state index contributed by atoms with van der Waals surface area (Å²) < 4.78 is 0. The Kier molecular flexibility index (Phi) is 6.91. The van der Waals surface area contributed by atoms with Crippen LogP contribution in [0.4, 0.5) is 5.69 Å². The molecule has 0 bridgehead atoms. The Morgan fingerprint density at radius 2 is 1.97 bits per heavy atom. The van der Waals surface area contributed by atoms with Gasteiger partial charge in [-0.15, -0.1) is 0 Å². The van der Waals surface area contributed by atoms with Crippen molar-refractivity contribution in [3.63, 3.8) is 0 Å². The number of hydrogen-bond donors (Lipinski definition) is 3. The van der Waals surface area contributed by atoms with Gasteiger partial charge in [0.2, 0.25) is 0 Å². The Labute approximate surface area is 230 Å². The van der Waals surface area contributed by atoms with Crippen LogP contribution in [0.1, 0.15) is 47.8 Å². The summed E-state index contributed by atoms with van der Waals surface area (Å²) in [5.41, 5.74) is 5.88. The van der Waals surface area contributed by atoms with E-state index in [4.69, 9.17) is 11.6 Å². The van der Waals surface area contributed by atoms with Gasteiger partial charge in [0.25, 0.3) is 5.91 Å². The maximum atomic E-state index is 13.2. The number of carbonyl (C=O) groups is 1. The molecule has 202 valence electrons. The molecule has 3 aliphatic rings. The quantitative estimate of drug-likeness (QED) is 0.415. The summed E-state index contributed by atoms with van der Waals surface area (Å²) in [5, 5.41) is 15.7. The van der Waals surface area contributed by atoms with E-state index >= 15 is 0 Å². The molecule has 0 radical (unpaired) electrons. The monoisotopic (exact) mass is 534 g/mol. The van der Waals surface area contributed by atoms with Crippen molar-refractivity contribution in [2.24, 2.45) is 17.8 Å². The number of aromatic amines is 1. The summed E-state index contributed by atoms with van der Waals surface area (Å²) in [7, 11) is 0. The van der Waals surface area contributed by atoms with Gasteiger partial charge < -0.3 is 25.2 Å². The number of hydrogen-bond acceptors (Lipinski definition) is 4. The highest BCUT2D eigenvalue weighted by atomic mass is 35.5. The van der Waals surface area contributed by atoms with E-state index in [2.05, 4.69) is 47.2 Å². The summed E-state index contributed by atoms with van der Waals surface area (Å²) in [6.45, 7) is 10.3. The molecule has 4 heterocycles. The van der Waals surface area contributed by atoms with E-state index in [9.17, 15) is 9.90 Å². The maximum Gasteiger partial charge on any atom is 0.270 e. The molecule has 38 heavy (non-hydrogen) atoms. The van der Waals surface area contributed by atoms with Crippen molar-refractivity contribution in [2.75, 3.05) is 51.2 Å².